The number of nitrogens with zero attached hydrogens (tertiary/aromatic N) is 3. The second-order valence-corrected chi connectivity index (χ2v) is 5.49. The molecule has 3 rings (SSSR count). The van der Waals surface area contributed by atoms with Crippen LogP contribution >= 0.6 is 0 Å². The van der Waals surface area contributed by atoms with Gasteiger partial charge in [-0.2, -0.15) is 0 Å². The van der Waals surface area contributed by atoms with Crippen molar-refractivity contribution in [1.29, 1.82) is 0 Å². The minimum Gasteiger partial charge on any atom is -0.366 e. The highest BCUT2D eigenvalue weighted by Crippen LogP contribution is 2.21. The first-order valence-electron chi connectivity index (χ1n) is 7.31. The Kier molecular flexibility index (Phi) is 3.91. The molecule has 122 valence electrons. The number of anilines is 1. The molecule has 7 heteroatoms. The van der Waals surface area contributed by atoms with Crippen LogP contribution < -0.4 is 11.1 Å². The summed E-state index contributed by atoms with van der Waals surface area (Å²) in [6.45, 7) is 0. The number of nitrogens with one attached hydrogen (secondary N) is 1. The lowest BCUT2D eigenvalue weighted by atomic mass is 10.2. The summed E-state index contributed by atoms with van der Waals surface area (Å²) in [6, 6.07) is 8.88. The fourth-order valence-electron chi connectivity index (χ4n) is 2.50. The summed E-state index contributed by atoms with van der Waals surface area (Å²) in [5.74, 6) is -0.0793. The number of hydrogen-bond donors (Lipinski definition) is 2. The Hall–Kier alpha value is -3.35. The van der Waals surface area contributed by atoms with Gasteiger partial charge in [-0.1, -0.05) is 12.1 Å². The first-order chi connectivity index (χ1) is 11.5. The number of primary amides is 1. The van der Waals surface area contributed by atoms with Gasteiger partial charge in [0, 0.05) is 43.9 Å². The van der Waals surface area contributed by atoms with Gasteiger partial charge in [0.1, 0.15) is 11.5 Å². The van der Waals surface area contributed by atoms with Gasteiger partial charge in [-0.05, 0) is 18.2 Å². The number of carbonyl (C=O) groups is 2. The van der Waals surface area contributed by atoms with Crippen molar-refractivity contribution < 1.29 is 9.59 Å². The van der Waals surface area contributed by atoms with E-state index in [9.17, 15) is 9.59 Å². The first-order valence-corrected chi connectivity index (χ1v) is 7.31. The van der Waals surface area contributed by atoms with Crippen molar-refractivity contribution >= 4 is 17.5 Å². The van der Waals surface area contributed by atoms with E-state index in [1.807, 2.05) is 36.0 Å². The zero-order chi connectivity index (χ0) is 17.3. The number of nitrogens with two attached hydrogens (primary N) is 1. The van der Waals surface area contributed by atoms with E-state index in [-0.39, 0.29) is 5.91 Å². The van der Waals surface area contributed by atoms with Crippen molar-refractivity contribution in [2.24, 2.45) is 19.8 Å². The van der Waals surface area contributed by atoms with Crippen LogP contribution in [0.25, 0.3) is 11.4 Å². The van der Waals surface area contributed by atoms with Crippen molar-refractivity contribution in [3.8, 4) is 11.4 Å². The van der Waals surface area contributed by atoms with Crippen molar-refractivity contribution in [3.63, 3.8) is 0 Å². The van der Waals surface area contributed by atoms with Crippen LogP contribution in [0, 0.1) is 0 Å². The minimum atomic E-state index is -0.568. The van der Waals surface area contributed by atoms with Gasteiger partial charge in [-0.15, -0.1) is 0 Å². The van der Waals surface area contributed by atoms with Crippen molar-refractivity contribution in [2.75, 3.05) is 5.32 Å². The Labute approximate surface area is 138 Å². The molecule has 2 heterocycles. The Balaban J connectivity index is 1.85. The summed E-state index contributed by atoms with van der Waals surface area (Å²) >= 11 is 0. The Morgan fingerprint density at radius 2 is 1.96 bits per heavy atom. The van der Waals surface area contributed by atoms with Crippen LogP contribution in [0.4, 0.5) is 5.69 Å². The topological polar surface area (TPSA) is 94.9 Å². The molecule has 0 atom stereocenters. The molecule has 24 heavy (non-hydrogen) atoms. The molecule has 0 radical (unpaired) electrons. The predicted octanol–water partition coefficient (Wildman–Crippen LogP) is 1.78. The Morgan fingerprint density at radius 1 is 1.17 bits per heavy atom. The van der Waals surface area contributed by atoms with Crippen LogP contribution in [0.2, 0.25) is 0 Å². The van der Waals surface area contributed by atoms with Crippen LogP contribution in [-0.2, 0) is 14.1 Å². The van der Waals surface area contributed by atoms with E-state index < -0.39 is 5.91 Å². The normalized spacial score (nSPS) is 10.6. The molecule has 2 aromatic heterocycles. The molecule has 0 aliphatic rings. The second kappa shape index (κ2) is 6.04. The molecule has 0 saturated heterocycles. The van der Waals surface area contributed by atoms with Crippen LogP contribution in [0.1, 0.15) is 20.8 Å². The number of hydrogen-bond acceptors (Lipinski definition) is 3. The average Bonchev–Trinajstić information content (AvgIpc) is 3.13. The molecule has 0 unspecified atom stereocenters. The smallest absolute Gasteiger partial charge is 0.272 e. The number of imidazole rings is 1. The lowest BCUT2D eigenvalue weighted by Gasteiger charge is -2.08. The molecule has 0 aliphatic heterocycles. The van der Waals surface area contributed by atoms with Gasteiger partial charge in [-0.25, -0.2) is 4.98 Å². The highest BCUT2D eigenvalue weighted by atomic mass is 16.2. The van der Waals surface area contributed by atoms with E-state index in [2.05, 4.69) is 10.3 Å². The molecule has 3 aromatic rings. The molecule has 2 amide bonds. The second-order valence-electron chi connectivity index (χ2n) is 5.49. The van der Waals surface area contributed by atoms with E-state index >= 15 is 0 Å². The number of amides is 2. The lowest BCUT2D eigenvalue weighted by Crippen LogP contribution is -2.15. The van der Waals surface area contributed by atoms with Crippen molar-refractivity contribution in [2.45, 2.75) is 0 Å². The molecular formula is C17H17N5O2. The molecule has 7 nitrogen and oxygen atoms in total. The number of aromatic nitrogens is 3. The fourth-order valence-corrected chi connectivity index (χ4v) is 2.50. The van der Waals surface area contributed by atoms with Gasteiger partial charge >= 0.3 is 0 Å². The molecule has 1 aromatic carbocycles. The molecule has 0 saturated carbocycles. The van der Waals surface area contributed by atoms with Gasteiger partial charge < -0.3 is 20.2 Å². The first kappa shape index (κ1) is 15.5. The predicted molar refractivity (Wildman–Crippen MR) is 90.5 cm³/mol. The molecule has 0 fully saturated rings. The van der Waals surface area contributed by atoms with Crippen LogP contribution in [0.3, 0.4) is 0 Å². The molecule has 0 aliphatic carbocycles. The number of aryl methyl sites for hydroxylation is 2. The van der Waals surface area contributed by atoms with Crippen LogP contribution in [0.5, 0.6) is 0 Å². The third-order valence-corrected chi connectivity index (χ3v) is 3.72. The van der Waals surface area contributed by atoms with E-state index in [4.69, 9.17) is 5.73 Å². The van der Waals surface area contributed by atoms with E-state index in [0.717, 1.165) is 11.4 Å². The molecular weight excluding hydrogens is 306 g/mol. The summed E-state index contributed by atoms with van der Waals surface area (Å²) in [5.41, 5.74) is 7.43. The van der Waals surface area contributed by atoms with E-state index in [1.165, 1.54) is 12.3 Å². The van der Waals surface area contributed by atoms with Gasteiger partial charge in [-0.3, -0.25) is 9.59 Å². The van der Waals surface area contributed by atoms with Crippen LogP contribution in [0.15, 0.2) is 48.9 Å². The third-order valence-electron chi connectivity index (χ3n) is 3.72. The largest absolute Gasteiger partial charge is 0.366 e. The summed E-state index contributed by atoms with van der Waals surface area (Å²) in [4.78, 5) is 28.0. The number of benzene rings is 1. The minimum absolute atomic E-state index is 0.296. The van der Waals surface area contributed by atoms with Gasteiger partial charge in [0.25, 0.3) is 5.91 Å². The molecule has 0 spiro atoms. The van der Waals surface area contributed by atoms with Gasteiger partial charge in [0.2, 0.25) is 5.91 Å². The summed E-state index contributed by atoms with van der Waals surface area (Å²) in [7, 11) is 3.59. The maximum atomic E-state index is 12.4. The molecule has 3 N–H and O–H groups in total. The SMILES string of the molecule is Cn1cc(C(N)=O)cc1C(=O)Nc1cccc(-c2nccn2C)c1. The van der Waals surface area contributed by atoms with Crippen LogP contribution in [-0.4, -0.2) is 25.9 Å². The highest BCUT2D eigenvalue weighted by molar-refractivity contribution is 6.05. The number of carbonyl (C=O) groups excluding carboxylic acids is 2. The monoisotopic (exact) mass is 323 g/mol. The maximum Gasteiger partial charge on any atom is 0.272 e. The van der Waals surface area contributed by atoms with Gasteiger partial charge in [0.05, 0.1) is 5.56 Å². The van der Waals surface area contributed by atoms with E-state index in [1.54, 1.807) is 23.9 Å². The maximum absolute atomic E-state index is 12.4. The average molecular weight is 323 g/mol. The summed E-state index contributed by atoms with van der Waals surface area (Å²) in [5, 5.41) is 2.82. The van der Waals surface area contributed by atoms with Gasteiger partial charge in [0.15, 0.2) is 0 Å². The summed E-state index contributed by atoms with van der Waals surface area (Å²) < 4.78 is 3.47. The Bertz CT molecular complexity index is 923. The quantitative estimate of drug-likeness (QED) is 0.766. The lowest BCUT2D eigenvalue weighted by molar-refractivity contribution is 0.0998. The molecule has 0 bridgehead atoms. The summed E-state index contributed by atoms with van der Waals surface area (Å²) in [6.07, 6.45) is 5.10. The van der Waals surface area contributed by atoms with E-state index in [0.29, 0.717) is 16.9 Å². The zero-order valence-corrected chi connectivity index (χ0v) is 13.4. The zero-order valence-electron chi connectivity index (χ0n) is 13.4. The highest BCUT2D eigenvalue weighted by Gasteiger charge is 2.15. The number of rotatable bonds is 4. The fraction of sp³-hybridized carbons (Fsp3) is 0.118. The standard InChI is InChI=1S/C17H17N5O2/c1-21-7-6-19-16(21)11-4-3-5-13(8-11)20-17(24)14-9-12(15(18)23)10-22(14)2/h3-10H,1-2H3,(H2,18,23)(H,20,24). The Morgan fingerprint density at radius 3 is 2.58 bits per heavy atom. The van der Waals surface area contributed by atoms with Crippen molar-refractivity contribution in [3.05, 3.63) is 60.2 Å². The van der Waals surface area contributed by atoms with Crippen molar-refractivity contribution in [1.82, 2.24) is 14.1 Å². The third kappa shape index (κ3) is 2.91.